The molecular weight excluding hydrogens is 312 g/mol. The number of rotatable bonds is 4. The highest BCUT2D eigenvalue weighted by Gasteiger charge is 2.23. The largest absolute Gasteiger partial charge is 0.371 e. The minimum absolute atomic E-state index is 0.472. The number of piperidine rings is 1. The van der Waals surface area contributed by atoms with E-state index in [1.165, 1.54) is 5.69 Å². The summed E-state index contributed by atoms with van der Waals surface area (Å²) >= 11 is 0. The summed E-state index contributed by atoms with van der Waals surface area (Å²) in [6, 6.07) is 12.5. The first-order valence-corrected chi connectivity index (χ1v) is 8.57. The lowest BCUT2D eigenvalue weighted by Crippen LogP contribution is -2.43. The quantitative estimate of drug-likeness (QED) is 0.855. The van der Waals surface area contributed by atoms with Crippen LogP contribution in [-0.4, -0.2) is 50.2 Å². The molecule has 2 aromatic rings. The lowest BCUT2D eigenvalue weighted by Gasteiger charge is -2.38. The fraction of sp³-hybridized carbons (Fsp3) is 0.421. The summed E-state index contributed by atoms with van der Waals surface area (Å²) in [6.07, 6.45) is 3.98. The third kappa shape index (κ3) is 3.82. The molecule has 6 heteroatoms. The first-order chi connectivity index (χ1) is 12.1. The van der Waals surface area contributed by atoms with Gasteiger partial charge in [0.1, 0.15) is 5.82 Å². The van der Waals surface area contributed by atoms with E-state index in [1.807, 2.05) is 55.5 Å². The Balaban J connectivity index is 1.63. The van der Waals surface area contributed by atoms with E-state index in [0.717, 1.165) is 37.7 Å². The van der Waals surface area contributed by atoms with Crippen LogP contribution in [0.2, 0.25) is 0 Å². The van der Waals surface area contributed by atoms with E-state index in [1.54, 1.807) is 0 Å². The fourth-order valence-electron chi connectivity index (χ4n) is 3.20. The summed E-state index contributed by atoms with van der Waals surface area (Å²) in [5.74, 6) is 1.70. The Morgan fingerprint density at radius 3 is 2.36 bits per heavy atom. The van der Waals surface area contributed by atoms with Crippen molar-refractivity contribution in [3.63, 3.8) is 0 Å². The molecule has 2 heterocycles. The third-order valence-corrected chi connectivity index (χ3v) is 4.76. The van der Waals surface area contributed by atoms with E-state index in [4.69, 9.17) is 5.26 Å². The topological polar surface area (TPSA) is 59.3 Å². The zero-order chi connectivity index (χ0) is 17.8. The van der Waals surface area contributed by atoms with E-state index in [9.17, 15) is 0 Å². The van der Waals surface area contributed by atoms with Gasteiger partial charge in [0, 0.05) is 52.2 Å². The van der Waals surface area contributed by atoms with Crippen LogP contribution in [0.1, 0.15) is 18.4 Å². The number of anilines is 3. The maximum absolute atomic E-state index is 8.91. The number of hydrogen-bond donors (Lipinski definition) is 0. The number of hydrogen-bond acceptors (Lipinski definition) is 6. The van der Waals surface area contributed by atoms with E-state index in [2.05, 4.69) is 32.9 Å². The van der Waals surface area contributed by atoms with Crippen molar-refractivity contribution in [3.05, 3.63) is 42.1 Å². The van der Waals surface area contributed by atoms with Gasteiger partial charge in [-0.15, -0.1) is 0 Å². The van der Waals surface area contributed by atoms with Gasteiger partial charge in [-0.25, -0.2) is 4.98 Å². The molecule has 1 saturated heterocycles. The molecule has 0 atom stereocenters. The average Bonchev–Trinajstić information content (AvgIpc) is 2.67. The van der Waals surface area contributed by atoms with E-state index >= 15 is 0 Å². The van der Waals surface area contributed by atoms with Gasteiger partial charge in [0.2, 0.25) is 5.95 Å². The number of nitriles is 1. The van der Waals surface area contributed by atoms with Crippen LogP contribution in [0.5, 0.6) is 0 Å². The normalized spacial score (nSPS) is 14.9. The molecule has 130 valence electrons. The van der Waals surface area contributed by atoms with Gasteiger partial charge in [-0.2, -0.15) is 10.2 Å². The predicted octanol–water partition coefficient (Wildman–Crippen LogP) is 2.52. The van der Waals surface area contributed by atoms with Crippen LogP contribution >= 0.6 is 0 Å². The van der Waals surface area contributed by atoms with Gasteiger partial charge in [0.25, 0.3) is 0 Å². The predicted molar refractivity (Wildman–Crippen MR) is 101 cm³/mol. The van der Waals surface area contributed by atoms with E-state index < -0.39 is 0 Å². The number of benzene rings is 1. The Morgan fingerprint density at radius 1 is 1.08 bits per heavy atom. The zero-order valence-electron chi connectivity index (χ0n) is 15.1. The van der Waals surface area contributed by atoms with Crippen LogP contribution in [0, 0.1) is 11.3 Å². The van der Waals surface area contributed by atoms with Crippen molar-refractivity contribution < 1.29 is 0 Å². The lowest BCUT2D eigenvalue weighted by molar-refractivity contribution is 0.480. The molecule has 6 nitrogen and oxygen atoms in total. The van der Waals surface area contributed by atoms with Crippen LogP contribution in [0.25, 0.3) is 0 Å². The van der Waals surface area contributed by atoms with Crippen LogP contribution in [0.15, 0.2) is 36.5 Å². The molecule has 0 radical (unpaired) electrons. The Hall–Kier alpha value is -2.81. The summed E-state index contributed by atoms with van der Waals surface area (Å²) in [6.45, 7) is 2.01. The van der Waals surface area contributed by atoms with Gasteiger partial charge in [0.15, 0.2) is 0 Å². The number of aromatic nitrogens is 2. The molecule has 25 heavy (non-hydrogen) atoms. The van der Waals surface area contributed by atoms with Crippen LogP contribution < -0.4 is 14.7 Å². The van der Waals surface area contributed by atoms with Crippen molar-refractivity contribution in [2.75, 3.05) is 48.9 Å². The Kier molecular flexibility index (Phi) is 5.03. The van der Waals surface area contributed by atoms with Gasteiger partial charge < -0.3 is 14.7 Å². The van der Waals surface area contributed by atoms with Crippen molar-refractivity contribution in [1.82, 2.24) is 9.97 Å². The van der Waals surface area contributed by atoms with E-state index in [0.29, 0.717) is 11.6 Å². The Bertz CT molecular complexity index is 741. The van der Waals surface area contributed by atoms with E-state index in [-0.39, 0.29) is 0 Å². The molecular formula is C19H24N6. The third-order valence-electron chi connectivity index (χ3n) is 4.76. The van der Waals surface area contributed by atoms with Crippen molar-refractivity contribution in [2.24, 2.45) is 0 Å². The minimum Gasteiger partial charge on any atom is -0.371 e. The summed E-state index contributed by atoms with van der Waals surface area (Å²) < 4.78 is 0. The minimum atomic E-state index is 0.472. The molecule has 0 aliphatic carbocycles. The second-order valence-corrected chi connectivity index (χ2v) is 6.60. The summed E-state index contributed by atoms with van der Waals surface area (Å²) in [4.78, 5) is 15.5. The number of nitrogens with zero attached hydrogens (tertiary/aromatic N) is 6. The van der Waals surface area contributed by atoms with Crippen LogP contribution in [-0.2, 0) is 0 Å². The molecule has 3 rings (SSSR count). The van der Waals surface area contributed by atoms with Crippen molar-refractivity contribution in [1.29, 1.82) is 5.26 Å². The van der Waals surface area contributed by atoms with Gasteiger partial charge in [-0.1, -0.05) is 0 Å². The highest BCUT2D eigenvalue weighted by atomic mass is 15.3. The molecule has 1 fully saturated rings. The molecule has 0 unspecified atom stereocenters. The molecule has 0 spiro atoms. The van der Waals surface area contributed by atoms with Gasteiger partial charge in [-0.05, 0) is 43.2 Å². The molecule has 1 aromatic heterocycles. The van der Waals surface area contributed by atoms with Crippen LogP contribution in [0.4, 0.5) is 17.5 Å². The standard InChI is InChI=1S/C19H24N6/c1-23(2)19-21-11-8-18(22-19)24(3)16-9-12-25(13-10-16)17-6-4-15(14-20)5-7-17/h4-8,11,16H,9-10,12-13H2,1-3H3. The lowest BCUT2D eigenvalue weighted by atomic mass is 10.0. The average molecular weight is 336 g/mol. The zero-order valence-corrected chi connectivity index (χ0v) is 15.1. The van der Waals surface area contributed by atoms with Crippen molar-refractivity contribution in [2.45, 2.75) is 18.9 Å². The molecule has 1 aliphatic heterocycles. The monoisotopic (exact) mass is 336 g/mol. The summed E-state index contributed by atoms with van der Waals surface area (Å²) in [5, 5.41) is 8.91. The Morgan fingerprint density at radius 2 is 1.76 bits per heavy atom. The molecule has 0 saturated carbocycles. The highest BCUT2D eigenvalue weighted by Crippen LogP contribution is 2.25. The SMILES string of the molecule is CN(C)c1nccc(N(C)C2CCN(c3ccc(C#N)cc3)CC2)n1. The molecule has 0 bridgehead atoms. The maximum Gasteiger partial charge on any atom is 0.226 e. The van der Waals surface area contributed by atoms with Crippen molar-refractivity contribution >= 4 is 17.5 Å². The van der Waals surface area contributed by atoms with Gasteiger partial charge in [-0.3, -0.25) is 0 Å². The highest BCUT2D eigenvalue weighted by molar-refractivity contribution is 5.50. The summed E-state index contributed by atoms with van der Waals surface area (Å²) in [7, 11) is 6.02. The van der Waals surface area contributed by atoms with Gasteiger partial charge >= 0.3 is 0 Å². The van der Waals surface area contributed by atoms with Crippen LogP contribution in [0.3, 0.4) is 0 Å². The van der Waals surface area contributed by atoms with Gasteiger partial charge in [0.05, 0.1) is 11.6 Å². The molecule has 1 aromatic carbocycles. The first kappa shape index (κ1) is 17.0. The second kappa shape index (κ2) is 7.39. The molecule has 1 aliphatic rings. The summed E-state index contributed by atoms with van der Waals surface area (Å²) in [5.41, 5.74) is 1.90. The Labute approximate surface area is 149 Å². The second-order valence-electron chi connectivity index (χ2n) is 6.60. The molecule has 0 amide bonds. The first-order valence-electron chi connectivity index (χ1n) is 8.57. The van der Waals surface area contributed by atoms with Crippen molar-refractivity contribution in [3.8, 4) is 6.07 Å². The smallest absolute Gasteiger partial charge is 0.226 e. The molecule has 0 N–H and O–H groups in total. The maximum atomic E-state index is 8.91. The fourth-order valence-corrected chi connectivity index (χ4v) is 3.20.